The standard InChI is InChI=1S/C11H12O2S/c1-8-4-5-9(3-2-6-14)10(7-8)11(12)13/h2-5,7,14H,6H2,1H3,(H,12,13). The van der Waals surface area contributed by atoms with Gasteiger partial charge in [0.05, 0.1) is 5.56 Å². The van der Waals surface area contributed by atoms with Gasteiger partial charge in [-0.15, -0.1) is 0 Å². The van der Waals surface area contributed by atoms with Crippen molar-refractivity contribution in [2.45, 2.75) is 6.92 Å². The molecular formula is C11H12O2S. The third-order valence-corrected chi connectivity index (χ3v) is 2.05. The van der Waals surface area contributed by atoms with Gasteiger partial charge in [0, 0.05) is 5.75 Å². The summed E-state index contributed by atoms with van der Waals surface area (Å²) in [6, 6.07) is 5.36. The van der Waals surface area contributed by atoms with E-state index in [0.717, 1.165) is 11.1 Å². The number of carboxylic acids is 1. The Hall–Kier alpha value is -1.22. The van der Waals surface area contributed by atoms with E-state index in [9.17, 15) is 4.79 Å². The van der Waals surface area contributed by atoms with Gasteiger partial charge in [0.15, 0.2) is 0 Å². The topological polar surface area (TPSA) is 37.3 Å². The normalized spacial score (nSPS) is 10.7. The molecule has 0 aromatic heterocycles. The Labute approximate surface area is 88.7 Å². The van der Waals surface area contributed by atoms with E-state index < -0.39 is 5.97 Å². The molecule has 0 spiro atoms. The number of aromatic carboxylic acids is 1. The maximum atomic E-state index is 10.9. The minimum absolute atomic E-state index is 0.336. The zero-order valence-corrected chi connectivity index (χ0v) is 8.79. The zero-order chi connectivity index (χ0) is 10.6. The summed E-state index contributed by atoms with van der Waals surface area (Å²) in [5.41, 5.74) is 2.01. The summed E-state index contributed by atoms with van der Waals surface area (Å²) in [4.78, 5) is 10.9. The van der Waals surface area contributed by atoms with Crippen molar-refractivity contribution in [1.29, 1.82) is 0 Å². The van der Waals surface area contributed by atoms with Gasteiger partial charge in [-0.05, 0) is 18.6 Å². The first kappa shape index (κ1) is 10.9. The van der Waals surface area contributed by atoms with E-state index in [0.29, 0.717) is 11.3 Å². The summed E-state index contributed by atoms with van der Waals surface area (Å²) < 4.78 is 0. The molecule has 74 valence electrons. The van der Waals surface area contributed by atoms with Crippen molar-refractivity contribution in [2.75, 3.05) is 5.75 Å². The molecule has 0 amide bonds. The third kappa shape index (κ3) is 2.64. The van der Waals surface area contributed by atoms with Crippen LogP contribution in [0.25, 0.3) is 6.08 Å². The molecule has 0 aliphatic rings. The highest BCUT2D eigenvalue weighted by atomic mass is 32.1. The van der Waals surface area contributed by atoms with Crippen LogP contribution in [0.15, 0.2) is 24.3 Å². The lowest BCUT2D eigenvalue weighted by Crippen LogP contribution is -1.99. The van der Waals surface area contributed by atoms with Crippen LogP contribution in [0.4, 0.5) is 0 Å². The molecule has 0 bridgehead atoms. The van der Waals surface area contributed by atoms with E-state index in [1.165, 1.54) is 0 Å². The van der Waals surface area contributed by atoms with Crippen LogP contribution in [0.3, 0.4) is 0 Å². The summed E-state index contributed by atoms with van der Waals surface area (Å²) in [5.74, 6) is -0.292. The van der Waals surface area contributed by atoms with Crippen molar-refractivity contribution < 1.29 is 9.90 Å². The van der Waals surface area contributed by atoms with Crippen LogP contribution in [-0.2, 0) is 0 Å². The molecule has 0 aliphatic heterocycles. The van der Waals surface area contributed by atoms with Crippen molar-refractivity contribution in [3.63, 3.8) is 0 Å². The number of rotatable bonds is 3. The fraction of sp³-hybridized carbons (Fsp3) is 0.182. The lowest BCUT2D eigenvalue weighted by atomic mass is 10.0. The Bertz CT molecular complexity index is 370. The van der Waals surface area contributed by atoms with Gasteiger partial charge in [-0.3, -0.25) is 0 Å². The first-order chi connectivity index (χ1) is 6.65. The molecule has 0 atom stereocenters. The fourth-order valence-electron chi connectivity index (χ4n) is 1.18. The lowest BCUT2D eigenvalue weighted by Gasteiger charge is -2.02. The molecule has 0 saturated heterocycles. The molecule has 1 rings (SSSR count). The number of carbonyl (C=O) groups is 1. The molecule has 0 aliphatic carbocycles. The highest BCUT2D eigenvalue weighted by molar-refractivity contribution is 7.80. The second-order valence-electron chi connectivity index (χ2n) is 2.98. The average molecular weight is 208 g/mol. The van der Waals surface area contributed by atoms with Gasteiger partial charge >= 0.3 is 5.97 Å². The largest absolute Gasteiger partial charge is 0.478 e. The molecule has 0 radical (unpaired) electrons. The van der Waals surface area contributed by atoms with Crippen LogP contribution in [0.1, 0.15) is 21.5 Å². The van der Waals surface area contributed by atoms with Crippen LogP contribution in [0, 0.1) is 6.92 Å². The average Bonchev–Trinajstić information content (AvgIpc) is 2.15. The molecule has 0 unspecified atom stereocenters. The van der Waals surface area contributed by atoms with Crippen LogP contribution in [0.2, 0.25) is 0 Å². The SMILES string of the molecule is Cc1ccc(C=CCS)c(C(=O)O)c1. The maximum Gasteiger partial charge on any atom is 0.336 e. The summed E-state index contributed by atoms with van der Waals surface area (Å²) in [5, 5.41) is 8.94. The lowest BCUT2D eigenvalue weighted by molar-refractivity contribution is 0.0696. The van der Waals surface area contributed by atoms with E-state index >= 15 is 0 Å². The number of thiol groups is 1. The van der Waals surface area contributed by atoms with Gasteiger partial charge in [0.25, 0.3) is 0 Å². The predicted octanol–water partition coefficient (Wildman–Crippen LogP) is 2.64. The predicted molar refractivity (Wildman–Crippen MR) is 61.0 cm³/mol. The van der Waals surface area contributed by atoms with Gasteiger partial charge in [-0.25, -0.2) is 4.79 Å². The van der Waals surface area contributed by atoms with Gasteiger partial charge in [-0.1, -0.05) is 29.8 Å². The van der Waals surface area contributed by atoms with Crippen LogP contribution < -0.4 is 0 Å². The molecule has 1 N–H and O–H groups in total. The van der Waals surface area contributed by atoms with E-state index in [1.54, 1.807) is 18.2 Å². The zero-order valence-electron chi connectivity index (χ0n) is 7.90. The molecule has 1 aromatic rings. The minimum Gasteiger partial charge on any atom is -0.478 e. The van der Waals surface area contributed by atoms with Crippen molar-refractivity contribution in [1.82, 2.24) is 0 Å². The number of carboxylic acid groups (broad SMARTS) is 1. The van der Waals surface area contributed by atoms with Crippen LogP contribution in [-0.4, -0.2) is 16.8 Å². The summed E-state index contributed by atoms with van der Waals surface area (Å²) in [6.07, 6.45) is 3.59. The summed E-state index contributed by atoms with van der Waals surface area (Å²) in [7, 11) is 0. The van der Waals surface area contributed by atoms with E-state index in [1.807, 2.05) is 19.1 Å². The van der Waals surface area contributed by atoms with Crippen molar-refractivity contribution in [2.24, 2.45) is 0 Å². The maximum absolute atomic E-state index is 10.9. The van der Waals surface area contributed by atoms with Gasteiger partial charge in [0.1, 0.15) is 0 Å². The Balaban J connectivity index is 3.15. The first-order valence-electron chi connectivity index (χ1n) is 4.26. The monoisotopic (exact) mass is 208 g/mol. The van der Waals surface area contributed by atoms with Crippen molar-refractivity contribution in [3.05, 3.63) is 41.0 Å². The molecular weight excluding hydrogens is 196 g/mol. The highest BCUT2D eigenvalue weighted by Crippen LogP contribution is 2.13. The molecule has 1 aromatic carbocycles. The molecule has 2 nitrogen and oxygen atoms in total. The van der Waals surface area contributed by atoms with Crippen molar-refractivity contribution >= 4 is 24.7 Å². The number of hydrogen-bond acceptors (Lipinski definition) is 2. The van der Waals surface area contributed by atoms with Crippen LogP contribution >= 0.6 is 12.6 Å². The highest BCUT2D eigenvalue weighted by Gasteiger charge is 2.07. The Kier molecular flexibility index (Phi) is 3.77. The number of hydrogen-bond donors (Lipinski definition) is 2. The van der Waals surface area contributed by atoms with Gasteiger partial charge in [0.2, 0.25) is 0 Å². The second-order valence-corrected chi connectivity index (χ2v) is 3.35. The number of benzene rings is 1. The number of aryl methyl sites for hydroxylation is 1. The second kappa shape index (κ2) is 4.86. The fourth-order valence-corrected chi connectivity index (χ4v) is 1.29. The van der Waals surface area contributed by atoms with E-state index in [-0.39, 0.29) is 0 Å². The first-order valence-corrected chi connectivity index (χ1v) is 4.89. The Morgan fingerprint density at radius 3 is 2.86 bits per heavy atom. The third-order valence-electron chi connectivity index (χ3n) is 1.84. The molecule has 0 heterocycles. The molecule has 3 heteroatoms. The summed E-state index contributed by atoms with van der Waals surface area (Å²) >= 11 is 4.02. The van der Waals surface area contributed by atoms with Gasteiger partial charge in [-0.2, -0.15) is 12.6 Å². The van der Waals surface area contributed by atoms with Gasteiger partial charge < -0.3 is 5.11 Å². The van der Waals surface area contributed by atoms with E-state index in [4.69, 9.17) is 5.11 Å². The summed E-state index contributed by atoms with van der Waals surface area (Å²) in [6.45, 7) is 1.87. The van der Waals surface area contributed by atoms with E-state index in [2.05, 4.69) is 12.6 Å². The molecule has 0 fully saturated rings. The smallest absolute Gasteiger partial charge is 0.336 e. The van der Waals surface area contributed by atoms with Crippen molar-refractivity contribution in [3.8, 4) is 0 Å². The Morgan fingerprint density at radius 2 is 2.29 bits per heavy atom. The van der Waals surface area contributed by atoms with Crippen LogP contribution in [0.5, 0.6) is 0 Å². The molecule has 0 saturated carbocycles. The molecule has 14 heavy (non-hydrogen) atoms. The minimum atomic E-state index is -0.896. The Morgan fingerprint density at radius 1 is 1.57 bits per heavy atom. The quantitative estimate of drug-likeness (QED) is 0.749.